The van der Waals surface area contributed by atoms with E-state index in [0.717, 1.165) is 13.1 Å². The van der Waals surface area contributed by atoms with Crippen LogP contribution in [0.25, 0.3) is 0 Å². The third-order valence-corrected chi connectivity index (χ3v) is 5.08. The molecule has 4 nitrogen and oxygen atoms in total. The number of hydrogen-bond donors (Lipinski definition) is 2. The molecule has 0 saturated heterocycles. The van der Waals surface area contributed by atoms with Crippen molar-refractivity contribution in [2.75, 3.05) is 24.7 Å². The number of hydrogen-bond acceptors (Lipinski definition) is 4. The number of carbonyl (C=O) groups is 1. The molecule has 0 spiro atoms. The van der Waals surface area contributed by atoms with Crippen molar-refractivity contribution < 1.29 is 4.79 Å². The molecule has 19 heavy (non-hydrogen) atoms. The van der Waals surface area contributed by atoms with E-state index in [1.807, 2.05) is 24.8 Å². The van der Waals surface area contributed by atoms with Gasteiger partial charge in [0.1, 0.15) is 5.82 Å². The van der Waals surface area contributed by atoms with Crippen LogP contribution in [0.2, 0.25) is 0 Å². The van der Waals surface area contributed by atoms with Crippen molar-refractivity contribution in [2.24, 2.45) is 0 Å². The summed E-state index contributed by atoms with van der Waals surface area (Å²) in [5.74, 6) is 0.624. The number of nitrogens with one attached hydrogen (secondary N) is 2. The van der Waals surface area contributed by atoms with Crippen LogP contribution in [-0.2, 0) is 0 Å². The number of thioether (sulfide) groups is 1. The van der Waals surface area contributed by atoms with Gasteiger partial charge in [-0.2, -0.15) is 11.8 Å². The fourth-order valence-corrected chi connectivity index (χ4v) is 3.17. The van der Waals surface area contributed by atoms with Crippen molar-refractivity contribution in [3.05, 3.63) is 23.9 Å². The third-order valence-electron chi connectivity index (χ3n) is 3.67. The summed E-state index contributed by atoms with van der Waals surface area (Å²) in [4.78, 5) is 16.5. The largest absolute Gasteiger partial charge is 0.370 e. The second-order valence-electron chi connectivity index (χ2n) is 4.85. The Kier molecular flexibility index (Phi) is 4.69. The molecular formula is C14H21N3OS. The molecule has 0 unspecified atom stereocenters. The first-order valence-electron chi connectivity index (χ1n) is 6.73. The second kappa shape index (κ2) is 6.28. The summed E-state index contributed by atoms with van der Waals surface area (Å²) < 4.78 is 0.260. The number of nitrogens with zero attached hydrogens (tertiary/aromatic N) is 1. The van der Waals surface area contributed by atoms with E-state index in [1.54, 1.807) is 12.3 Å². The molecule has 1 aromatic heterocycles. The number of amides is 1. The summed E-state index contributed by atoms with van der Waals surface area (Å²) in [5, 5.41) is 6.17. The molecule has 1 aliphatic carbocycles. The van der Waals surface area contributed by atoms with Crippen LogP contribution in [0, 0.1) is 0 Å². The van der Waals surface area contributed by atoms with E-state index in [-0.39, 0.29) is 10.7 Å². The lowest BCUT2D eigenvalue weighted by molar-refractivity contribution is 0.0944. The van der Waals surface area contributed by atoms with Gasteiger partial charge in [-0.1, -0.05) is 6.42 Å². The highest BCUT2D eigenvalue weighted by Crippen LogP contribution is 2.42. The van der Waals surface area contributed by atoms with Crippen LogP contribution in [0.15, 0.2) is 18.3 Å². The number of carbonyl (C=O) groups excluding carboxylic acids is 1. The van der Waals surface area contributed by atoms with Gasteiger partial charge in [0.2, 0.25) is 0 Å². The number of rotatable bonds is 6. The van der Waals surface area contributed by atoms with E-state index >= 15 is 0 Å². The number of anilines is 1. The zero-order valence-electron chi connectivity index (χ0n) is 11.5. The van der Waals surface area contributed by atoms with Gasteiger partial charge in [-0.05, 0) is 38.2 Å². The molecule has 1 amide bonds. The highest BCUT2D eigenvalue weighted by atomic mass is 32.2. The molecule has 104 valence electrons. The zero-order valence-corrected chi connectivity index (χ0v) is 12.3. The Labute approximate surface area is 118 Å². The van der Waals surface area contributed by atoms with Crippen molar-refractivity contribution >= 4 is 23.5 Å². The molecule has 1 fully saturated rings. The average molecular weight is 279 g/mol. The Morgan fingerprint density at radius 2 is 2.32 bits per heavy atom. The van der Waals surface area contributed by atoms with Gasteiger partial charge < -0.3 is 10.6 Å². The molecule has 1 aliphatic rings. The molecule has 0 atom stereocenters. The normalized spacial score (nSPS) is 16.5. The zero-order chi connectivity index (χ0) is 13.7. The van der Waals surface area contributed by atoms with Gasteiger partial charge in [-0.15, -0.1) is 0 Å². The van der Waals surface area contributed by atoms with Gasteiger partial charge in [-0.25, -0.2) is 4.98 Å². The molecule has 5 heteroatoms. The molecular weight excluding hydrogens is 258 g/mol. The molecule has 0 aromatic carbocycles. The van der Waals surface area contributed by atoms with Crippen LogP contribution in [-0.4, -0.2) is 35.0 Å². The number of pyridine rings is 1. The lowest BCUT2D eigenvalue weighted by Crippen LogP contribution is -2.45. The predicted octanol–water partition coefficient (Wildman–Crippen LogP) is 2.53. The van der Waals surface area contributed by atoms with Crippen molar-refractivity contribution in [3.63, 3.8) is 0 Å². The highest BCUT2D eigenvalue weighted by molar-refractivity contribution is 8.00. The summed E-state index contributed by atoms with van der Waals surface area (Å²) in [5.41, 5.74) is 0.625. The number of aromatic nitrogens is 1. The quantitative estimate of drug-likeness (QED) is 0.840. The van der Waals surface area contributed by atoms with Gasteiger partial charge in [0, 0.05) is 24.0 Å². The Hall–Kier alpha value is -1.23. The maximum Gasteiger partial charge on any atom is 0.255 e. The predicted molar refractivity (Wildman–Crippen MR) is 80.8 cm³/mol. The fourth-order valence-electron chi connectivity index (χ4n) is 2.26. The minimum atomic E-state index is -0.0376. The SMILES string of the molecule is CCNc1ncccc1C(=O)NCC1(SC)CCC1. The molecule has 0 radical (unpaired) electrons. The van der Waals surface area contributed by atoms with Crippen molar-refractivity contribution in [1.82, 2.24) is 10.3 Å². The summed E-state index contributed by atoms with van der Waals surface area (Å²) in [6, 6.07) is 3.61. The standard InChI is InChI=1S/C14H21N3OS/c1-3-15-12-11(6-4-9-16-12)13(18)17-10-14(19-2)7-5-8-14/h4,6,9H,3,5,7-8,10H2,1-2H3,(H,15,16)(H,17,18). The van der Waals surface area contributed by atoms with Gasteiger partial charge in [0.25, 0.3) is 5.91 Å². The first-order valence-corrected chi connectivity index (χ1v) is 7.95. The molecule has 2 N–H and O–H groups in total. The minimum absolute atomic E-state index is 0.0376. The van der Waals surface area contributed by atoms with E-state index in [1.165, 1.54) is 19.3 Å². The van der Waals surface area contributed by atoms with Crippen LogP contribution in [0.1, 0.15) is 36.5 Å². The van der Waals surface area contributed by atoms with Gasteiger partial charge in [0.15, 0.2) is 0 Å². The summed E-state index contributed by atoms with van der Waals surface area (Å²) in [7, 11) is 0. The van der Waals surface area contributed by atoms with Gasteiger partial charge in [-0.3, -0.25) is 4.79 Å². The summed E-state index contributed by atoms with van der Waals surface area (Å²) in [6.07, 6.45) is 7.49. The Morgan fingerprint density at radius 1 is 1.53 bits per heavy atom. The first kappa shape index (κ1) is 14.2. The smallest absolute Gasteiger partial charge is 0.255 e. The van der Waals surface area contributed by atoms with Crippen molar-refractivity contribution in [3.8, 4) is 0 Å². The molecule has 2 rings (SSSR count). The van der Waals surface area contributed by atoms with Gasteiger partial charge >= 0.3 is 0 Å². The maximum atomic E-state index is 12.2. The van der Waals surface area contributed by atoms with Crippen LogP contribution in [0.3, 0.4) is 0 Å². The third kappa shape index (κ3) is 3.21. The molecule has 0 aliphatic heterocycles. The Balaban J connectivity index is 1.99. The molecule has 1 heterocycles. The van der Waals surface area contributed by atoms with Crippen molar-refractivity contribution in [1.29, 1.82) is 0 Å². The second-order valence-corrected chi connectivity index (χ2v) is 6.13. The van der Waals surface area contributed by atoms with E-state index < -0.39 is 0 Å². The Morgan fingerprint density at radius 3 is 2.89 bits per heavy atom. The minimum Gasteiger partial charge on any atom is -0.370 e. The van der Waals surface area contributed by atoms with Crippen LogP contribution in [0.5, 0.6) is 0 Å². The average Bonchev–Trinajstić information content (AvgIpc) is 2.39. The maximum absolute atomic E-state index is 12.2. The summed E-state index contributed by atoms with van der Waals surface area (Å²) >= 11 is 1.86. The monoisotopic (exact) mass is 279 g/mol. The summed E-state index contributed by atoms with van der Waals surface area (Å²) in [6.45, 7) is 3.49. The van der Waals surface area contributed by atoms with Crippen molar-refractivity contribution in [2.45, 2.75) is 30.9 Å². The molecule has 1 saturated carbocycles. The molecule has 1 aromatic rings. The fraction of sp³-hybridized carbons (Fsp3) is 0.571. The van der Waals surface area contributed by atoms with E-state index in [2.05, 4.69) is 21.9 Å². The topological polar surface area (TPSA) is 54.0 Å². The van der Waals surface area contributed by atoms with E-state index in [4.69, 9.17) is 0 Å². The first-order chi connectivity index (χ1) is 9.21. The van der Waals surface area contributed by atoms with E-state index in [9.17, 15) is 4.79 Å². The van der Waals surface area contributed by atoms with Crippen LogP contribution < -0.4 is 10.6 Å². The van der Waals surface area contributed by atoms with E-state index in [0.29, 0.717) is 11.4 Å². The van der Waals surface area contributed by atoms with Crippen LogP contribution in [0.4, 0.5) is 5.82 Å². The lowest BCUT2D eigenvalue weighted by Gasteiger charge is -2.40. The Bertz CT molecular complexity index is 441. The van der Waals surface area contributed by atoms with Crippen LogP contribution >= 0.6 is 11.8 Å². The lowest BCUT2D eigenvalue weighted by atomic mass is 9.84. The molecule has 0 bridgehead atoms. The van der Waals surface area contributed by atoms with Gasteiger partial charge in [0.05, 0.1) is 5.56 Å². The highest BCUT2D eigenvalue weighted by Gasteiger charge is 2.36.